The van der Waals surface area contributed by atoms with E-state index in [1.165, 1.54) is 17.0 Å². The van der Waals surface area contributed by atoms with Gasteiger partial charge in [-0.25, -0.2) is 19.4 Å². The summed E-state index contributed by atoms with van der Waals surface area (Å²) in [5.41, 5.74) is 3.68. The van der Waals surface area contributed by atoms with Gasteiger partial charge in [0.1, 0.15) is 11.6 Å². The Morgan fingerprint density at radius 2 is 1.82 bits per heavy atom. The van der Waals surface area contributed by atoms with Gasteiger partial charge in [-0.15, -0.1) is 0 Å². The van der Waals surface area contributed by atoms with Crippen molar-refractivity contribution in [3.63, 3.8) is 0 Å². The molecule has 2 amide bonds. The third kappa shape index (κ3) is 7.23. The van der Waals surface area contributed by atoms with Gasteiger partial charge < -0.3 is 15.4 Å². The van der Waals surface area contributed by atoms with E-state index >= 15 is 0 Å². The summed E-state index contributed by atoms with van der Waals surface area (Å²) in [5, 5.41) is 0. The van der Waals surface area contributed by atoms with Crippen LogP contribution in [-0.2, 0) is 47.3 Å². The second-order valence-corrected chi connectivity index (χ2v) is 12.4. The van der Waals surface area contributed by atoms with Crippen molar-refractivity contribution in [2.45, 2.75) is 69.6 Å². The quantitative estimate of drug-likeness (QED) is 0.290. The molecule has 0 saturated carbocycles. The zero-order chi connectivity index (χ0) is 35.1. The summed E-state index contributed by atoms with van der Waals surface area (Å²) in [7, 11) is 0. The van der Waals surface area contributed by atoms with Crippen LogP contribution in [0.5, 0.6) is 0 Å². The Morgan fingerprint density at radius 1 is 1.06 bits per heavy atom. The van der Waals surface area contributed by atoms with Crippen LogP contribution in [0.2, 0.25) is 0 Å². The van der Waals surface area contributed by atoms with Gasteiger partial charge in [-0.2, -0.15) is 26.3 Å². The molecule has 16 heteroatoms. The van der Waals surface area contributed by atoms with Crippen molar-refractivity contribution in [2.75, 3.05) is 13.2 Å². The number of fused-ring (bicyclic) bond motifs is 1. The number of nitrogens with zero attached hydrogens (tertiary/aromatic N) is 5. The van der Waals surface area contributed by atoms with E-state index in [-0.39, 0.29) is 36.1 Å². The molecule has 260 valence electrons. The summed E-state index contributed by atoms with van der Waals surface area (Å²) in [6.07, 6.45) is -8.53. The first-order valence-corrected chi connectivity index (χ1v) is 15.5. The van der Waals surface area contributed by atoms with E-state index in [2.05, 4.69) is 15.0 Å². The zero-order valence-corrected chi connectivity index (χ0v) is 26.0. The zero-order valence-electron chi connectivity index (χ0n) is 26.0. The van der Waals surface area contributed by atoms with Crippen molar-refractivity contribution in [1.82, 2.24) is 19.8 Å². The fourth-order valence-electron chi connectivity index (χ4n) is 6.46. The molecular formula is C33H31F7N6O3. The minimum absolute atomic E-state index is 0.00908. The average molecular weight is 693 g/mol. The van der Waals surface area contributed by atoms with Gasteiger partial charge in [-0.1, -0.05) is 18.2 Å². The summed E-state index contributed by atoms with van der Waals surface area (Å²) in [6.45, 7) is 0.766. The molecule has 6 rings (SSSR count). The molecule has 0 spiro atoms. The van der Waals surface area contributed by atoms with Crippen molar-refractivity contribution in [3.8, 4) is 0 Å². The van der Waals surface area contributed by atoms with E-state index in [0.717, 1.165) is 41.7 Å². The highest BCUT2D eigenvalue weighted by molar-refractivity contribution is 6.07. The highest BCUT2D eigenvalue weighted by Crippen LogP contribution is 2.40. The number of alkyl halides is 6. The number of amides is 2. The Kier molecular flexibility index (Phi) is 9.11. The van der Waals surface area contributed by atoms with E-state index in [9.17, 15) is 40.3 Å². The second kappa shape index (κ2) is 13.0. The number of aliphatic imine (C=N–C) groups is 1. The molecule has 2 aromatic carbocycles. The molecule has 3 aliphatic heterocycles. The molecule has 0 unspecified atom stereocenters. The molecular weight excluding hydrogens is 661 g/mol. The molecule has 3 aliphatic rings. The Balaban J connectivity index is 1.25. The van der Waals surface area contributed by atoms with E-state index in [1.54, 1.807) is 6.20 Å². The monoisotopic (exact) mass is 692 g/mol. The smallest absolute Gasteiger partial charge is 0.381 e. The SMILES string of the molecule is NC1=N[C@](CCCC(F)(F)F)(c2ccc(F)cc2)C(=O)N1Cc1ccc(C(F)(F)F)c(C(=O)N2Cc3cnc(C[C@@H]4CCOC4)nc3C2)c1. The number of carbonyl (C=O) groups is 2. The summed E-state index contributed by atoms with van der Waals surface area (Å²) < 4.78 is 101. The van der Waals surface area contributed by atoms with Crippen LogP contribution in [0.3, 0.4) is 0 Å². The number of benzene rings is 2. The van der Waals surface area contributed by atoms with Gasteiger partial charge in [0.25, 0.3) is 11.8 Å². The van der Waals surface area contributed by atoms with Crippen molar-refractivity contribution in [1.29, 1.82) is 0 Å². The van der Waals surface area contributed by atoms with E-state index in [1.807, 2.05) is 0 Å². The third-order valence-electron chi connectivity index (χ3n) is 8.95. The van der Waals surface area contributed by atoms with Crippen LogP contribution in [0.15, 0.2) is 53.7 Å². The Morgan fingerprint density at radius 3 is 2.49 bits per heavy atom. The normalized spacial score (nSPS) is 21.0. The topological polar surface area (TPSA) is 114 Å². The predicted molar refractivity (Wildman–Crippen MR) is 160 cm³/mol. The number of guanidine groups is 1. The summed E-state index contributed by atoms with van der Waals surface area (Å²) in [4.78, 5) is 42.9. The van der Waals surface area contributed by atoms with Crippen molar-refractivity contribution < 1.29 is 45.1 Å². The fraction of sp³-hybridized carbons (Fsp3) is 0.424. The van der Waals surface area contributed by atoms with Crippen molar-refractivity contribution in [2.24, 2.45) is 16.6 Å². The first kappa shape index (κ1) is 34.3. The third-order valence-corrected chi connectivity index (χ3v) is 8.95. The number of nitrogens with two attached hydrogens (primary N) is 1. The average Bonchev–Trinajstić information content (AvgIpc) is 3.76. The molecule has 1 aromatic heterocycles. The molecule has 0 aliphatic carbocycles. The molecule has 3 aromatic rings. The van der Waals surface area contributed by atoms with Crippen molar-refractivity contribution in [3.05, 3.63) is 93.8 Å². The van der Waals surface area contributed by atoms with Gasteiger partial charge in [-0.3, -0.25) is 14.5 Å². The van der Waals surface area contributed by atoms with Crippen LogP contribution in [-0.4, -0.2) is 56.9 Å². The van der Waals surface area contributed by atoms with E-state index < -0.39 is 72.5 Å². The minimum Gasteiger partial charge on any atom is -0.381 e. The van der Waals surface area contributed by atoms with Crippen LogP contribution >= 0.6 is 0 Å². The van der Waals surface area contributed by atoms with Gasteiger partial charge in [0.2, 0.25) is 0 Å². The fourth-order valence-corrected chi connectivity index (χ4v) is 6.46. The first-order chi connectivity index (χ1) is 23.1. The number of aromatic nitrogens is 2. The summed E-state index contributed by atoms with van der Waals surface area (Å²) in [5.74, 6) is -1.96. The molecule has 2 N–H and O–H groups in total. The lowest BCUT2D eigenvalue weighted by Crippen LogP contribution is -2.42. The molecule has 2 atom stereocenters. The molecule has 9 nitrogen and oxygen atoms in total. The highest BCUT2D eigenvalue weighted by Gasteiger charge is 2.49. The van der Waals surface area contributed by atoms with Gasteiger partial charge in [0, 0.05) is 44.4 Å². The van der Waals surface area contributed by atoms with E-state index in [4.69, 9.17) is 10.5 Å². The molecule has 0 bridgehead atoms. The Labute approximate surface area is 276 Å². The van der Waals surface area contributed by atoms with Crippen LogP contribution in [0.1, 0.15) is 69.8 Å². The largest absolute Gasteiger partial charge is 0.417 e. The van der Waals surface area contributed by atoms with Gasteiger partial charge in [-0.05, 0) is 60.6 Å². The van der Waals surface area contributed by atoms with Crippen LogP contribution in [0, 0.1) is 11.7 Å². The van der Waals surface area contributed by atoms with E-state index in [0.29, 0.717) is 36.7 Å². The Hall–Kier alpha value is -4.60. The lowest BCUT2D eigenvalue weighted by Gasteiger charge is -2.27. The van der Waals surface area contributed by atoms with Crippen LogP contribution in [0.4, 0.5) is 30.7 Å². The lowest BCUT2D eigenvalue weighted by atomic mass is 9.84. The molecule has 4 heterocycles. The number of ether oxygens (including phenoxy) is 1. The number of hydrogen-bond donors (Lipinski definition) is 1. The number of hydrogen-bond acceptors (Lipinski definition) is 7. The molecule has 1 saturated heterocycles. The highest BCUT2D eigenvalue weighted by atomic mass is 19.4. The van der Waals surface area contributed by atoms with Crippen molar-refractivity contribution >= 4 is 17.8 Å². The number of carbonyl (C=O) groups excluding carboxylic acids is 2. The molecule has 49 heavy (non-hydrogen) atoms. The van der Waals surface area contributed by atoms with Crippen LogP contribution in [0.25, 0.3) is 0 Å². The van der Waals surface area contributed by atoms with Crippen LogP contribution < -0.4 is 5.73 Å². The van der Waals surface area contributed by atoms with Gasteiger partial charge in [0.05, 0.1) is 29.9 Å². The number of halogens is 7. The first-order valence-electron chi connectivity index (χ1n) is 15.5. The van der Waals surface area contributed by atoms with Gasteiger partial charge >= 0.3 is 12.4 Å². The maximum atomic E-state index is 14.2. The summed E-state index contributed by atoms with van der Waals surface area (Å²) in [6, 6.07) is 7.35. The molecule has 0 radical (unpaired) electrons. The summed E-state index contributed by atoms with van der Waals surface area (Å²) >= 11 is 0. The predicted octanol–water partition coefficient (Wildman–Crippen LogP) is 5.65. The lowest BCUT2D eigenvalue weighted by molar-refractivity contribution is -0.139. The Bertz CT molecular complexity index is 1770. The van der Waals surface area contributed by atoms with Gasteiger partial charge in [0.15, 0.2) is 11.5 Å². The maximum Gasteiger partial charge on any atom is 0.417 e. The second-order valence-electron chi connectivity index (χ2n) is 12.4. The maximum absolute atomic E-state index is 14.2. The number of rotatable bonds is 9. The standard InChI is InChI=1S/C33H31F7N6O3/c34-23-5-3-22(4-6-23)31(9-1-10-32(35,36)37)29(48)46(30(41)44-31)15-19-2-7-25(33(38,39)40)24(12-19)28(47)45-16-21-14-42-27(43-26(21)17-45)13-20-8-11-49-18-20/h2-7,12,14,20H,1,8-11,13,15-18H2,(H2,41,44)/t20-,31+/m0/s1. The minimum atomic E-state index is -4.90. The molecule has 1 fully saturated rings.